The van der Waals surface area contributed by atoms with E-state index >= 15 is 0 Å². The second-order valence-electron chi connectivity index (χ2n) is 17.2. The molecule has 5 aliphatic rings. The Morgan fingerprint density at radius 3 is 2.68 bits per heavy atom. The number of rotatable bonds is 10. The molecule has 3 aromatic carbocycles. The molecule has 1 spiro atoms. The molecule has 2 aliphatic heterocycles. The number of nitrogen functional groups attached to an aromatic ring is 1. The zero-order valence-corrected chi connectivity index (χ0v) is 34.2. The third-order valence-corrected chi connectivity index (χ3v) is 13.3. The first-order valence-corrected chi connectivity index (χ1v) is 21.2. The summed E-state index contributed by atoms with van der Waals surface area (Å²) >= 11 is 0. The van der Waals surface area contributed by atoms with E-state index in [1.807, 2.05) is 25.2 Å². The lowest BCUT2D eigenvalue weighted by Gasteiger charge is -2.39. The second kappa shape index (κ2) is 16.0. The van der Waals surface area contributed by atoms with Gasteiger partial charge in [-0.2, -0.15) is 0 Å². The predicted octanol–water partition coefficient (Wildman–Crippen LogP) is 6.77. The van der Waals surface area contributed by atoms with Crippen LogP contribution in [-0.4, -0.2) is 67.2 Å². The van der Waals surface area contributed by atoms with E-state index in [9.17, 15) is 15.0 Å². The summed E-state index contributed by atoms with van der Waals surface area (Å²) in [4.78, 5) is 17.2. The zero-order chi connectivity index (χ0) is 40.8. The lowest BCUT2D eigenvalue weighted by atomic mass is 9.65. The van der Waals surface area contributed by atoms with Crippen molar-refractivity contribution in [1.29, 1.82) is 0 Å². The maximum absolute atomic E-state index is 12.5. The van der Waals surface area contributed by atoms with Crippen LogP contribution in [0.1, 0.15) is 103 Å². The van der Waals surface area contributed by atoms with E-state index in [2.05, 4.69) is 40.7 Å². The van der Waals surface area contributed by atoms with Crippen LogP contribution in [0.3, 0.4) is 0 Å². The SMILES string of the molecule is CNCC(CNC1CCCC1)Oc1cc2c(cc1O)CC#Cc1nc(N)ccc1CC1CCC3(Cc4cc(O)cc(OC)c4-c4ccc5c(c43)OC2C5COC(C)=O)C1. The maximum Gasteiger partial charge on any atom is 0.302 e. The van der Waals surface area contributed by atoms with E-state index in [1.54, 1.807) is 19.2 Å². The fourth-order valence-corrected chi connectivity index (χ4v) is 10.7. The van der Waals surface area contributed by atoms with Crippen molar-refractivity contribution in [1.82, 2.24) is 15.6 Å². The van der Waals surface area contributed by atoms with E-state index in [4.69, 9.17) is 29.7 Å². The zero-order valence-electron chi connectivity index (χ0n) is 34.2. The predicted molar refractivity (Wildman–Crippen MR) is 225 cm³/mol. The number of phenolic OH excluding ortho intramolecular Hbond substituents is 2. The van der Waals surface area contributed by atoms with Crippen molar-refractivity contribution in [2.45, 2.75) is 101 Å². The van der Waals surface area contributed by atoms with E-state index < -0.39 is 6.10 Å². The minimum absolute atomic E-state index is 0.0147. The normalized spacial score (nSPS) is 23.0. The number of methoxy groups -OCH3 is 1. The standard InChI is InChI=1S/C48H54N4O7/c1-27(53)57-26-38-35-12-13-36-44-31(18-33(54)20-42(44)56-3)23-48-16-15-28(22-48)17-30-11-14-43(49)52-39(30)10-6-7-29-19-40(55)41(21-37(29)46(38)59-47(35)45(36)48)58-34(24-50-2)25-51-32-8-4-5-9-32/h11-14,18-21,28,32,34,38,46,50-51,54-55H,4-5,7-9,15-17,22-26H2,1-3H3,(H2,49,52). The Bertz CT molecular complexity index is 2350. The first-order chi connectivity index (χ1) is 28.6. The minimum atomic E-state index is -0.599. The van der Waals surface area contributed by atoms with Crippen LogP contribution in [0.5, 0.6) is 28.7 Å². The number of hydrogen-bond donors (Lipinski definition) is 5. The molecule has 0 radical (unpaired) electrons. The molecule has 2 saturated carbocycles. The summed E-state index contributed by atoms with van der Waals surface area (Å²) in [5.74, 6) is 8.68. The Hall–Kier alpha value is -5.44. The molecule has 3 aliphatic carbocycles. The van der Waals surface area contributed by atoms with E-state index in [1.165, 1.54) is 19.8 Å². The Morgan fingerprint density at radius 1 is 1.03 bits per heavy atom. The lowest BCUT2D eigenvalue weighted by Crippen LogP contribution is -2.41. The fourth-order valence-electron chi connectivity index (χ4n) is 10.7. The van der Waals surface area contributed by atoms with Gasteiger partial charge in [0.2, 0.25) is 0 Å². The van der Waals surface area contributed by atoms with Crippen LogP contribution in [0.4, 0.5) is 5.82 Å². The molecule has 1 aromatic heterocycles. The number of nitrogens with zero attached hydrogens (tertiary/aromatic N) is 1. The molecule has 9 rings (SSSR count). The van der Waals surface area contributed by atoms with Crippen LogP contribution < -0.4 is 30.6 Å². The van der Waals surface area contributed by atoms with Gasteiger partial charge in [0.25, 0.3) is 0 Å². The van der Waals surface area contributed by atoms with Crippen molar-refractivity contribution in [2.75, 3.05) is 39.6 Å². The number of pyridine rings is 1. The molecule has 308 valence electrons. The largest absolute Gasteiger partial charge is 0.508 e. The highest BCUT2D eigenvalue weighted by atomic mass is 16.5. The number of fused-ring (bicyclic) bond motifs is 7. The molecule has 5 atom stereocenters. The third kappa shape index (κ3) is 7.42. The number of aromatic hydroxyl groups is 2. The quantitative estimate of drug-likeness (QED) is 0.0852. The molecule has 11 nitrogen and oxygen atoms in total. The highest BCUT2D eigenvalue weighted by Crippen LogP contribution is 2.62. The lowest BCUT2D eigenvalue weighted by molar-refractivity contribution is -0.141. The van der Waals surface area contributed by atoms with Crippen molar-refractivity contribution in [2.24, 2.45) is 5.92 Å². The topological polar surface area (TPSA) is 157 Å². The number of benzene rings is 3. The average Bonchev–Trinajstić information content (AvgIpc) is 3.97. The Kier molecular flexibility index (Phi) is 10.6. The highest BCUT2D eigenvalue weighted by Gasteiger charge is 2.51. The first-order valence-electron chi connectivity index (χ1n) is 21.2. The van der Waals surface area contributed by atoms with Crippen LogP contribution in [0.15, 0.2) is 48.5 Å². The van der Waals surface area contributed by atoms with Gasteiger partial charge in [-0.15, -0.1) is 0 Å². The molecule has 59 heavy (non-hydrogen) atoms. The van der Waals surface area contributed by atoms with Gasteiger partial charge < -0.3 is 45.5 Å². The van der Waals surface area contributed by atoms with Gasteiger partial charge in [0.15, 0.2) is 11.5 Å². The molecule has 2 fully saturated rings. The third-order valence-electron chi connectivity index (χ3n) is 13.3. The Morgan fingerprint density at radius 2 is 1.88 bits per heavy atom. The second-order valence-corrected chi connectivity index (χ2v) is 17.2. The molecule has 5 unspecified atom stereocenters. The number of anilines is 1. The molecule has 0 amide bonds. The van der Waals surface area contributed by atoms with Crippen molar-refractivity contribution in [3.63, 3.8) is 0 Å². The minimum Gasteiger partial charge on any atom is -0.508 e. The summed E-state index contributed by atoms with van der Waals surface area (Å²) < 4.78 is 25.8. The Balaban J connectivity index is 1.22. The van der Waals surface area contributed by atoms with E-state index in [0.717, 1.165) is 88.8 Å². The van der Waals surface area contributed by atoms with Crippen molar-refractivity contribution in [3.05, 3.63) is 87.6 Å². The summed E-state index contributed by atoms with van der Waals surface area (Å²) in [7, 11) is 3.54. The van der Waals surface area contributed by atoms with Crippen molar-refractivity contribution < 1.29 is 34.0 Å². The number of phenols is 2. The van der Waals surface area contributed by atoms with Crippen LogP contribution in [-0.2, 0) is 34.2 Å². The van der Waals surface area contributed by atoms with Crippen molar-refractivity contribution >= 4 is 11.8 Å². The van der Waals surface area contributed by atoms with E-state index in [0.29, 0.717) is 54.5 Å². The number of nitrogens with one attached hydrogen (secondary N) is 2. The van der Waals surface area contributed by atoms with Gasteiger partial charge in [0, 0.05) is 66.2 Å². The highest BCUT2D eigenvalue weighted by molar-refractivity contribution is 5.84. The smallest absolute Gasteiger partial charge is 0.302 e. The van der Waals surface area contributed by atoms with Gasteiger partial charge >= 0.3 is 5.97 Å². The van der Waals surface area contributed by atoms with Gasteiger partial charge in [-0.3, -0.25) is 4.79 Å². The summed E-state index contributed by atoms with van der Waals surface area (Å²) in [6.07, 6.45) is 8.47. The molecular formula is C48H54N4O7. The number of nitrogens with two attached hydrogens (primary N) is 1. The number of carbonyl (C=O) groups excluding carboxylic acids is 1. The van der Waals surface area contributed by atoms with Crippen LogP contribution in [0, 0.1) is 17.8 Å². The monoisotopic (exact) mass is 798 g/mol. The molecule has 4 aromatic rings. The van der Waals surface area contributed by atoms with Gasteiger partial charge in [0.1, 0.15) is 47.6 Å². The molecule has 11 heteroatoms. The van der Waals surface area contributed by atoms with Crippen molar-refractivity contribution in [3.8, 4) is 51.7 Å². The van der Waals surface area contributed by atoms with Crippen LogP contribution >= 0.6 is 0 Å². The van der Waals surface area contributed by atoms with Gasteiger partial charge in [0.05, 0.1) is 13.0 Å². The van der Waals surface area contributed by atoms with E-state index in [-0.39, 0.29) is 47.9 Å². The van der Waals surface area contributed by atoms with Gasteiger partial charge in [-0.25, -0.2) is 4.98 Å². The first kappa shape index (κ1) is 39.0. The van der Waals surface area contributed by atoms with Gasteiger partial charge in [-0.1, -0.05) is 37.0 Å². The summed E-state index contributed by atoms with van der Waals surface area (Å²) in [5.41, 5.74) is 14.4. The molecule has 6 N–H and O–H groups in total. The number of hydrogen-bond acceptors (Lipinski definition) is 11. The number of likely N-dealkylation sites (N-methyl/N-ethyl adjacent to an activating group) is 1. The van der Waals surface area contributed by atoms with Gasteiger partial charge in [-0.05, 0) is 110 Å². The fraction of sp³-hybridized carbons (Fsp3) is 0.458. The molecule has 0 saturated heterocycles. The average molecular weight is 799 g/mol. The molecule has 4 bridgehead atoms. The maximum atomic E-state index is 12.5. The number of carbonyl (C=O) groups is 1. The molecular weight excluding hydrogens is 745 g/mol. The summed E-state index contributed by atoms with van der Waals surface area (Å²) in [5, 5.41) is 29.5. The summed E-state index contributed by atoms with van der Waals surface area (Å²) in [6.45, 7) is 2.73. The molecule has 3 heterocycles. The number of esters is 1. The summed E-state index contributed by atoms with van der Waals surface area (Å²) in [6, 6.07) is 15.8. The number of ether oxygens (including phenoxy) is 4. The van der Waals surface area contributed by atoms with Crippen LogP contribution in [0.25, 0.3) is 11.1 Å². The van der Waals surface area contributed by atoms with Crippen LogP contribution in [0.2, 0.25) is 0 Å². The Labute approximate surface area is 346 Å². The number of aromatic nitrogens is 1.